The minimum atomic E-state index is -0.863. The van der Waals surface area contributed by atoms with Gasteiger partial charge in [-0.3, -0.25) is 9.59 Å². The Kier molecular flexibility index (Phi) is 9.65. The first-order valence-corrected chi connectivity index (χ1v) is 13.3. The molecule has 1 N–H and O–H groups in total. The minimum absolute atomic E-state index is 0.0763. The number of carbonyl (C=O) groups is 2. The molecule has 8 heteroatoms. The van der Waals surface area contributed by atoms with E-state index in [0.717, 1.165) is 25.7 Å². The number of amides is 2. The van der Waals surface area contributed by atoms with Crippen molar-refractivity contribution >= 4 is 11.8 Å². The average Bonchev–Trinajstić information content (AvgIpc) is 2.94. The summed E-state index contributed by atoms with van der Waals surface area (Å²) in [5, 5.41) is 3.23. The van der Waals surface area contributed by atoms with E-state index in [-0.39, 0.29) is 24.5 Å². The molecule has 0 radical (unpaired) electrons. The molecular formula is C29H38N2O6. The van der Waals surface area contributed by atoms with Gasteiger partial charge in [-0.05, 0) is 56.0 Å². The summed E-state index contributed by atoms with van der Waals surface area (Å²) in [5.41, 5.74) is 0.689. The van der Waals surface area contributed by atoms with Crippen molar-refractivity contribution in [2.45, 2.75) is 63.6 Å². The van der Waals surface area contributed by atoms with Crippen molar-refractivity contribution in [1.82, 2.24) is 10.2 Å². The molecule has 1 aliphatic heterocycles. The normalized spacial score (nSPS) is 18.1. The molecule has 4 rings (SSSR count). The summed E-state index contributed by atoms with van der Waals surface area (Å²) < 4.78 is 22.9. The highest BCUT2D eigenvalue weighted by atomic mass is 16.6. The zero-order chi connectivity index (χ0) is 26.0. The fourth-order valence-corrected chi connectivity index (χ4v) is 4.99. The molecule has 0 spiro atoms. The number of fused-ring (bicyclic) bond motifs is 1. The van der Waals surface area contributed by atoms with E-state index in [1.165, 1.54) is 6.42 Å². The Morgan fingerprint density at radius 2 is 1.86 bits per heavy atom. The van der Waals surface area contributed by atoms with Gasteiger partial charge in [0.05, 0.1) is 7.11 Å². The molecule has 1 saturated carbocycles. The minimum Gasteiger partial charge on any atom is -0.497 e. The second-order valence-corrected chi connectivity index (χ2v) is 9.47. The number of hydrogen-bond donors (Lipinski definition) is 1. The lowest BCUT2D eigenvalue weighted by atomic mass is 9.94. The summed E-state index contributed by atoms with van der Waals surface area (Å²) in [6.45, 7) is 3.42. The maximum atomic E-state index is 14.0. The van der Waals surface area contributed by atoms with Gasteiger partial charge >= 0.3 is 0 Å². The van der Waals surface area contributed by atoms with Crippen molar-refractivity contribution in [2.75, 3.05) is 33.5 Å². The predicted molar refractivity (Wildman–Crippen MR) is 140 cm³/mol. The maximum absolute atomic E-state index is 14.0. The van der Waals surface area contributed by atoms with E-state index in [4.69, 9.17) is 18.9 Å². The highest BCUT2D eigenvalue weighted by molar-refractivity contribution is 5.91. The molecule has 0 bridgehead atoms. The number of benzene rings is 2. The van der Waals surface area contributed by atoms with E-state index in [0.29, 0.717) is 49.0 Å². The van der Waals surface area contributed by atoms with Crippen LogP contribution in [0.3, 0.4) is 0 Å². The van der Waals surface area contributed by atoms with Crippen LogP contribution in [-0.2, 0) is 14.3 Å². The standard InChI is InChI=1S/C29H38N2O6/c1-3-35-18-10-17-31(29(33)26-20-36-24-15-7-8-16-25(24)37-26)27(21-11-9-14-23(19-21)34-2)28(32)30-22-12-5-4-6-13-22/h7-9,11,14-16,19,22,26-27H,3-6,10,12-13,17-18,20H2,1-2H3,(H,30,32)/t26-,27+/m1/s1. The molecule has 2 aromatic rings. The molecule has 1 fully saturated rings. The first-order valence-electron chi connectivity index (χ1n) is 13.3. The number of ether oxygens (including phenoxy) is 4. The van der Waals surface area contributed by atoms with Crippen molar-refractivity contribution in [1.29, 1.82) is 0 Å². The summed E-state index contributed by atoms with van der Waals surface area (Å²) in [6.07, 6.45) is 5.00. The fraction of sp³-hybridized carbons (Fsp3) is 0.517. The van der Waals surface area contributed by atoms with Gasteiger partial charge in [-0.15, -0.1) is 0 Å². The Morgan fingerprint density at radius 3 is 2.62 bits per heavy atom. The summed E-state index contributed by atoms with van der Waals surface area (Å²) in [4.78, 5) is 29.5. The molecule has 8 nitrogen and oxygen atoms in total. The van der Waals surface area contributed by atoms with Crippen LogP contribution in [0.25, 0.3) is 0 Å². The van der Waals surface area contributed by atoms with Crippen molar-refractivity contribution in [3.63, 3.8) is 0 Å². The summed E-state index contributed by atoms with van der Waals surface area (Å²) >= 11 is 0. The average molecular weight is 511 g/mol. The Balaban J connectivity index is 1.64. The molecule has 2 amide bonds. The van der Waals surface area contributed by atoms with Gasteiger partial charge in [0.2, 0.25) is 12.0 Å². The number of carbonyl (C=O) groups excluding carboxylic acids is 2. The highest BCUT2D eigenvalue weighted by Crippen LogP contribution is 2.33. The van der Waals surface area contributed by atoms with E-state index in [1.54, 1.807) is 18.1 Å². The molecule has 0 saturated heterocycles. The highest BCUT2D eigenvalue weighted by Gasteiger charge is 2.38. The van der Waals surface area contributed by atoms with Crippen LogP contribution in [0.15, 0.2) is 48.5 Å². The second kappa shape index (κ2) is 13.3. The molecule has 37 heavy (non-hydrogen) atoms. The molecule has 2 aromatic carbocycles. The van der Waals surface area contributed by atoms with E-state index >= 15 is 0 Å². The van der Waals surface area contributed by atoms with Gasteiger partial charge in [-0.25, -0.2) is 0 Å². The third-order valence-electron chi connectivity index (χ3n) is 6.88. The Morgan fingerprint density at radius 1 is 1.08 bits per heavy atom. The number of rotatable bonds is 11. The lowest BCUT2D eigenvalue weighted by molar-refractivity contribution is -0.149. The van der Waals surface area contributed by atoms with Crippen LogP contribution in [-0.4, -0.2) is 62.3 Å². The third kappa shape index (κ3) is 6.95. The summed E-state index contributed by atoms with van der Waals surface area (Å²) in [6, 6.07) is 13.9. The quantitative estimate of drug-likeness (QED) is 0.454. The zero-order valence-corrected chi connectivity index (χ0v) is 21.8. The van der Waals surface area contributed by atoms with Crippen LogP contribution in [0.2, 0.25) is 0 Å². The number of nitrogens with zero attached hydrogens (tertiary/aromatic N) is 1. The molecule has 0 unspecified atom stereocenters. The molecule has 1 aliphatic carbocycles. The molecule has 0 aromatic heterocycles. The van der Waals surface area contributed by atoms with Crippen LogP contribution in [0.1, 0.15) is 57.1 Å². The smallest absolute Gasteiger partial charge is 0.268 e. The van der Waals surface area contributed by atoms with Crippen LogP contribution in [0.4, 0.5) is 0 Å². The van der Waals surface area contributed by atoms with Crippen LogP contribution in [0, 0.1) is 0 Å². The van der Waals surface area contributed by atoms with Crippen LogP contribution >= 0.6 is 0 Å². The second-order valence-electron chi connectivity index (χ2n) is 9.47. The van der Waals surface area contributed by atoms with Gasteiger partial charge in [0.25, 0.3) is 5.91 Å². The molecule has 1 heterocycles. The first kappa shape index (κ1) is 26.8. The Bertz CT molecular complexity index is 1040. The largest absolute Gasteiger partial charge is 0.497 e. The third-order valence-corrected chi connectivity index (χ3v) is 6.88. The summed E-state index contributed by atoms with van der Waals surface area (Å²) in [7, 11) is 1.59. The van der Waals surface area contributed by atoms with E-state index in [1.807, 2.05) is 49.4 Å². The molecule has 2 atom stereocenters. The van der Waals surface area contributed by atoms with Gasteiger partial charge in [0.1, 0.15) is 18.4 Å². The van der Waals surface area contributed by atoms with E-state index in [9.17, 15) is 9.59 Å². The van der Waals surface area contributed by atoms with E-state index < -0.39 is 12.1 Å². The van der Waals surface area contributed by atoms with Gasteiger partial charge in [0, 0.05) is 25.8 Å². The SMILES string of the molecule is CCOCCCN(C(=O)[C@H]1COc2ccccc2O1)[C@H](C(=O)NC1CCCCC1)c1cccc(OC)c1. The molecule has 2 aliphatic rings. The van der Waals surface area contributed by atoms with Crippen molar-refractivity contribution in [2.24, 2.45) is 0 Å². The number of para-hydroxylation sites is 2. The van der Waals surface area contributed by atoms with Gasteiger partial charge in [0.15, 0.2) is 11.5 Å². The Hall–Kier alpha value is -3.26. The number of hydrogen-bond acceptors (Lipinski definition) is 6. The van der Waals surface area contributed by atoms with Crippen LogP contribution < -0.4 is 19.5 Å². The van der Waals surface area contributed by atoms with Crippen LogP contribution in [0.5, 0.6) is 17.2 Å². The monoisotopic (exact) mass is 510 g/mol. The topological polar surface area (TPSA) is 86.3 Å². The van der Waals surface area contributed by atoms with Gasteiger partial charge < -0.3 is 29.2 Å². The lowest BCUT2D eigenvalue weighted by Crippen LogP contribution is -2.52. The van der Waals surface area contributed by atoms with Gasteiger partial charge in [-0.2, -0.15) is 0 Å². The fourth-order valence-electron chi connectivity index (χ4n) is 4.99. The zero-order valence-electron chi connectivity index (χ0n) is 21.8. The summed E-state index contributed by atoms with van der Waals surface area (Å²) in [5.74, 6) is 1.26. The lowest BCUT2D eigenvalue weighted by Gasteiger charge is -2.36. The molecule has 200 valence electrons. The number of methoxy groups -OCH3 is 1. The van der Waals surface area contributed by atoms with Gasteiger partial charge in [-0.1, -0.05) is 43.5 Å². The van der Waals surface area contributed by atoms with Crippen molar-refractivity contribution < 1.29 is 28.5 Å². The van der Waals surface area contributed by atoms with Crippen molar-refractivity contribution in [3.05, 3.63) is 54.1 Å². The Labute approximate surface area is 219 Å². The first-order chi connectivity index (χ1) is 18.1. The van der Waals surface area contributed by atoms with E-state index in [2.05, 4.69) is 5.32 Å². The number of nitrogens with one attached hydrogen (secondary N) is 1. The predicted octanol–water partition coefficient (Wildman–Crippen LogP) is 4.28. The maximum Gasteiger partial charge on any atom is 0.268 e. The van der Waals surface area contributed by atoms with Crippen molar-refractivity contribution in [3.8, 4) is 17.2 Å². The molecular weight excluding hydrogens is 472 g/mol.